The Morgan fingerprint density at radius 3 is 2.38 bits per heavy atom. The number of nitrogens with two attached hydrogens (primary N) is 2. The number of hydrogen-bond acceptors (Lipinski definition) is 4. The maximum absolute atomic E-state index is 12.2. The van der Waals surface area contributed by atoms with Crippen LogP contribution in [-0.4, -0.2) is 41.6 Å². The van der Waals surface area contributed by atoms with Crippen LogP contribution in [0.1, 0.15) is 18.4 Å². The molecule has 1 aliphatic rings. The van der Waals surface area contributed by atoms with Gasteiger partial charge in [-0.15, -0.1) is 0 Å². The van der Waals surface area contributed by atoms with Gasteiger partial charge in [-0.3, -0.25) is 19.2 Å². The van der Waals surface area contributed by atoms with E-state index in [4.69, 9.17) is 11.5 Å². The average Bonchev–Trinajstić information content (AvgIpc) is 2.51. The van der Waals surface area contributed by atoms with Crippen LogP contribution in [0.5, 0.6) is 0 Å². The second kappa shape index (κ2) is 7.58. The van der Waals surface area contributed by atoms with Crippen LogP contribution in [0, 0.1) is 5.92 Å². The number of carbonyl (C=O) groups is 4. The second-order valence-electron chi connectivity index (χ2n) is 5.77. The number of hydrogen-bond donors (Lipinski definition) is 3. The lowest BCUT2D eigenvalue weighted by Crippen LogP contribution is -2.43. The van der Waals surface area contributed by atoms with E-state index in [2.05, 4.69) is 5.32 Å². The van der Waals surface area contributed by atoms with Crippen molar-refractivity contribution in [3.8, 4) is 0 Å². The third kappa shape index (κ3) is 4.55. The van der Waals surface area contributed by atoms with Gasteiger partial charge in [0.05, 0.1) is 13.1 Å². The number of fused-ring (bicyclic) bond motifs is 1. The molecule has 1 atom stereocenters. The van der Waals surface area contributed by atoms with Gasteiger partial charge in [0.25, 0.3) is 0 Å². The molecule has 0 aromatic heterocycles. The molecule has 5 N–H and O–H groups in total. The molecule has 1 aromatic carbocycles. The van der Waals surface area contributed by atoms with Crippen molar-refractivity contribution in [3.05, 3.63) is 29.8 Å². The molecule has 0 saturated heterocycles. The number of amides is 4. The molecule has 0 radical (unpaired) electrons. The van der Waals surface area contributed by atoms with Crippen LogP contribution < -0.4 is 16.8 Å². The third-order valence-corrected chi connectivity index (χ3v) is 3.87. The maximum Gasteiger partial charge on any atom is 0.237 e. The van der Waals surface area contributed by atoms with Gasteiger partial charge >= 0.3 is 0 Å². The minimum Gasteiger partial charge on any atom is -0.368 e. The molecular weight excluding hydrogens is 312 g/mol. The first kappa shape index (κ1) is 17.5. The predicted octanol–water partition coefficient (Wildman–Crippen LogP) is -0.623. The van der Waals surface area contributed by atoms with Gasteiger partial charge < -0.3 is 21.7 Å². The Bertz CT molecular complexity index is 658. The lowest BCUT2D eigenvalue weighted by atomic mass is 9.89. The highest BCUT2D eigenvalue weighted by Gasteiger charge is 2.27. The van der Waals surface area contributed by atoms with E-state index in [9.17, 15) is 19.2 Å². The molecule has 24 heavy (non-hydrogen) atoms. The van der Waals surface area contributed by atoms with E-state index in [0.717, 1.165) is 16.2 Å². The summed E-state index contributed by atoms with van der Waals surface area (Å²) in [6, 6.07) is 7.49. The Morgan fingerprint density at radius 1 is 1.12 bits per heavy atom. The maximum atomic E-state index is 12.2. The van der Waals surface area contributed by atoms with E-state index in [1.807, 2.05) is 24.3 Å². The van der Waals surface area contributed by atoms with E-state index < -0.39 is 17.7 Å². The lowest BCUT2D eigenvalue weighted by Gasteiger charge is -2.25. The van der Waals surface area contributed by atoms with Gasteiger partial charge in [-0.25, -0.2) is 0 Å². The fourth-order valence-corrected chi connectivity index (χ4v) is 2.71. The number of primary amides is 2. The van der Waals surface area contributed by atoms with Crippen molar-refractivity contribution in [1.29, 1.82) is 0 Å². The molecule has 2 rings (SSSR count). The summed E-state index contributed by atoms with van der Waals surface area (Å²) in [4.78, 5) is 47.3. The summed E-state index contributed by atoms with van der Waals surface area (Å²) < 4.78 is 0. The first-order valence-electron chi connectivity index (χ1n) is 7.60. The summed E-state index contributed by atoms with van der Waals surface area (Å²) in [7, 11) is 0. The van der Waals surface area contributed by atoms with Gasteiger partial charge in [0.15, 0.2) is 0 Å². The summed E-state index contributed by atoms with van der Waals surface area (Å²) >= 11 is 0. The highest BCUT2D eigenvalue weighted by molar-refractivity contribution is 5.96. The Morgan fingerprint density at radius 2 is 1.75 bits per heavy atom. The number of nitrogens with zero attached hydrogens (tertiary/aromatic N) is 1. The largest absolute Gasteiger partial charge is 0.368 e. The van der Waals surface area contributed by atoms with Crippen molar-refractivity contribution in [2.45, 2.75) is 19.3 Å². The predicted molar refractivity (Wildman–Crippen MR) is 86.5 cm³/mol. The zero-order valence-corrected chi connectivity index (χ0v) is 13.2. The fourth-order valence-electron chi connectivity index (χ4n) is 2.71. The van der Waals surface area contributed by atoms with Crippen LogP contribution >= 0.6 is 0 Å². The molecule has 1 aromatic rings. The normalized spacial score (nSPS) is 16.0. The van der Waals surface area contributed by atoms with E-state index >= 15 is 0 Å². The van der Waals surface area contributed by atoms with Gasteiger partial charge in [-0.2, -0.15) is 0 Å². The van der Waals surface area contributed by atoms with Crippen LogP contribution in [0.4, 0.5) is 5.69 Å². The number of para-hydroxylation sites is 1. The zero-order chi connectivity index (χ0) is 17.7. The Hall–Kier alpha value is -2.90. The van der Waals surface area contributed by atoms with E-state index in [1.165, 1.54) is 0 Å². The Balaban J connectivity index is 1.96. The third-order valence-electron chi connectivity index (χ3n) is 3.87. The van der Waals surface area contributed by atoms with Crippen molar-refractivity contribution in [1.82, 2.24) is 4.90 Å². The standard InChI is InChI=1S/C16H20N4O4/c17-13(21)8-20(9-14(18)22)15(23)6-5-11-7-10-3-1-2-4-12(10)19-16(11)24/h1-4,11H,5-9H2,(H2,17,21)(H2,18,22)(H,19,24). The van der Waals surface area contributed by atoms with Crippen molar-refractivity contribution in [2.75, 3.05) is 18.4 Å². The first-order valence-corrected chi connectivity index (χ1v) is 7.60. The minimum absolute atomic E-state index is 0.0286. The van der Waals surface area contributed by atoms with E-state index in [-0.39, 0.29) is 31.3 Å². The Kier molecular flexibility index (Phi) is 5.51. The summed E-state index contributed by atoms with van der Waals surface area (Å²) in [5.41, 5.74) is 11.9. The smallest absolute Gasteiger partial charge is 0.237 e. The zero-order valence-electron chi connectivity index (χ0n) is 13.2. The SMILES string of the molecule is NC(=O)CN(CC(N)=O)C(=O)CCC1Cc2ccccc2NC1=O. The monoisotopic (exact) mass is 332 g/mol. The van der Waals surface area contributed by atoms with Gasteiger partial charge in [0.1, 0.15) is 0 Å². The van der Waals surface area contributed by atoms with Crippen molar-refractivity contribution >= 4 is 29.3 Å². The Labute approximate surface area is 139 Å². The molecule has 0 bridgehead atoms. The second-order valence-corrected chi connectivity index (χ2v) is 5.77. The van der Waals surface area contributed by atoms with Gasteiger partial charge in [-0.05, 0) is 24.5 Å². The van der Waals surface area contributed by atoms with Crippen LogP contribution in [0.2, 0.25) is 0 Å². The summed E-state index contributed by atoms with van der Waals surface area (Å²) in [6.07, 6.45) is 0.884. The number of rotatable bonds is 7. The van der Waals surface area contributed by atoms with Crippen molar-refractivity contribution < 1.29 is 19.2 Å². The molecule has 0 aliphatic carbocycles. The molecule has 1 unspecified atom stereocenters. The van der Waals surface area contributed by atoms with Crippen LogP contribution in [0.15, 0.2) is 24.3 Å². The average molecular weight is 332 g/mol. The van der Waals surface area contributed by atoms with Crippen LogP contribution in [0.25, 0.3) is 0 Å². The topological polar surface area (TPSA) is 136 Å². The lowest BCUT2D eigenvalue weighted by molar-refractivity contribution is -0.138. The first-order chi connectivity index (χ1) is 11.4. The minimum atomic E-state index is -0.728. The molecule has 1 heterocycles. The number of benzene rings is 1. The number of nitrogens with one attached hydrogen (secondary N) is 1. The summed E-state index contributed by atoms with van der Waals surface area (Å²) in [5.74, 6) is -2.37. The molecule has 0 fully saturated rings. The highest BCUT2D eigenvalue weighted by atomic mass is 16.2. The summed E-state index contributed by atoms with van der Waals surface area (Å²) in [6.45, 7) is -0.747. The highest BCUT2D eigenvalue weighted by Crippen LogP contribution is 2.27. The molecule has 8 nitrogen and oxygen atoms in total. The molecule has 0 saturated carbocycles. The van der Waals surface area contributed by atoms with E-state index in [0.29, 0.717) is 12.8 Å². The van der Waals surface area contributed by atoms with Crippen LogP contribution in [-0.2, 0) is 25.6 Å². The quantitative estimate of drug-likeness (QED) is 0.613. The van der Waals surface area contributed by atoms with Gasteiger partial charge in [0, 0.05) is 18.0 Å². The summed E-state index contributed by atoms with van der Waals surface area (Å²) in [5, 5.41) is 2.82. The van der Waals surface area contributed by atoms with Crippen LogP contribution in [0.3, 0.4) is 0 Å². The van der Waals surface area contributed by atoms with Crippen molar-refractivity contribution in [3.63, 3.8) is 0 Å². The van der Waals surface area contributed by atoms with Gasteiger partial charge in [0.2, 0.25) is 23.6 Å². The molecule has 128 valence electrons. The van der Waals surface area contributed by atoms with Gasteiger partial charge in [-0.1, -0.05) is 18.2 Å². The molecule has 4 amide bonds. The number of anilines is 1. The molecule has 8 heteroatoms. The fraction of sp³-hybridized carbons (Fsp3) is 0.375. The van der Waals surface area contributed by atoms with E-state index in [1.54, 1.807) is 0 Å². The molecule has 1 aliphatic heterocycles. The molecular formula is C16H20N4O4. The number of carbonyl (C=O) groups excluding carboxylic acids is 4. The molecule has 0 spiro atoms. The van der Waals surface area contributed by atoms with Crippen molar-refractivity contribution in [2.24, 2.45) is 17.4 Å².